The third-order valence-corrected chi connectivity index (χ3v) is 3.47. The van der Waals surface area contributed by atoms with Gasteiger partial charge in [-0.1, -0.05) is 0 Å². The van der Waals surface area contributed by atoms with Gasteiger partial charge in [0.2, 0.25) is 5.91 Å². The first-order chi connectivity index (χ1) is 8.11. The minimum atomic E-state index is -0.416. The van der Waals surface area contributed by atoms with Gasteiger partial charge in [0.25, 0.3) is 0 Å². The Bertz CT molecular complexity index is 264. The van der Waals surface area contributed by atoms with Gasteiger partial charge >= 0.3 is 0 Å². The summed E-state index contributed by atoms with van der Waals surface area (Å²) in [6.07, 6.45) is 2.07. The van der Waals surface area contributed by atoms with Crippen molar-refractivity contribution in [1.82, 2.24) is 4.90 Å². The van der Waals surface area contributed by atoms with Crippen LogP contribution in [-0.4, -0.2) is 54.1 Å². The maximum Gasteiger partial charge on any atom is 0.222 e. The number of likely N-dealkylation sites (tertiary alicyclic amines) is 1. The zero-order valence-corrected chi connectivity index (χ0v) is 10.4. The summed E-state index contributed by atoms with van der Waals surface area (Å²) < 4.78 is 11.2. The second-order valence-corrected chi connectivity index (χ2v) is 4.88. The summed E-state index contributed by atoms with van der Waals surface area (Å²) in [4.78, 5) is 13.7. The molecule has 5 heteroatoms. The van der Waals surface area contributed by atoms with Crippen molar-refractivity contribution in [3.63, 3.8) is 0 Å². The maximum atomic E-state index is 11.8. The van der Waals surface area contributed by atoms with Crippen molar-refractivity contribution in [1.29, 1.82) is 0 Å². The van der Waals surface area contributed by atoms with E-state index in [1.54, 1.807) is 6.92 Å². The predicted octanol–water partition coefficient (Wildman–Crippen LogP) is 0.513. The maximum absolute atomic E-state index is 11.8. The van der Waals surface area contributed by atoms with E-state index in [2.05, 4.69) is 0 Å². The van der Waals surface area contributed by atoms with Gasteiger partial charge in [-0.25, -0.2) is 0 Å². The smallest absolute Gasteiger partial charge is 0.222 e. The summed E-state index contributed by atoms with van der Waals surface area (Å²) in [6, 6.07) is 0. The Hall–Kier alpha value is -0.650. The number of carbonyl (C=O) groups is 1. The third kappa shape index (κ3) is 3.18. The van der Waals surface area contributed by atoms with Gasteiger partial charge in [0, 0.05) is 32.4 Å². The fourth-order valence-corrected chi connectivity index (χ4v) is 2.37. The van der Waals surface area contributed by atoms with E-state index in [-0.39, 0.29) is 5.91 Å². The molecule has 1 atom stereocenters. The van der Waals surface area contributed by atoms with Crippen LogP contribution in [0.3, 0.4) is 0 Å². The predicted molar refractivity (Wildman–Crippen MR) is 61.4 cm³/mol. The molecule has 2 aliphatic rings. The van der Waals surface area contributed by atoms with E-state index >= 15 is 0 Å². The zero-order valence-electron chi connectivity index (χ0n) is 10.4. The summed E-state index contributed by atoms with van der Waals surface area (Å²) in [5, 5.41) is 9.16. The Labute approximate surface area is 102 Å². The summed E-state index contributed by atoms with van der Waals surface area (Å²) in [6.45, 7) is 4.42. The number of aliphatic hydroxyl groups is 1. The number of carbonyl (C=O) groups excluding carboxylic acids is 1. The van der Waals surface area contributed by atoms with Gasteiger partial charge in [-0.2, -0.15) is 0 Å². The van der Waals surface area contributed by atoms with Crippen LogP contribution in [-0.2, 0) is 14.3 Å². The van der Waals surface area contributed by atoms with Crippen molar-refractivity contribution in [2.75, 3.05) is 26.3 Å². The summed E-state index contributed by atoms with van der Waals surface area (Å²) in [7, 11) is 0. The molecule has 2 fully saturated rings. The Balaban J connectivity index is 1.76. The number of amides is 1. The summed E-state index contributed by atoms with van der Waals surface area (Å²) >= 11 is 0. The van der Waals surface area contributed by atoms with Crippen molar-refractivity contribution < 1.29 is 19.4 Å². The van der Waals surface area contributed by atoms with E-state index in [1.807, 2.05) is 4.90 Å². The number of hydrogen-bond acceptors (Lipinski definition) is 4. The number of aliphatic hydroxyl groups excluding tert-OH is 1. The second kappa shape index (κ2) is 5.33. The molecule has 2 heterocycles. The third-order valence-electron chi connectivity index (χ3n) is 3.47. The van der Waals surface area contributed by atoms with E-state index < -0.39 is 11.9 Å². The van der Waals surface area contributed by atoms with Gasteiger partial charge in [-0.15, -0.1) is 0 Å². The molecule has 2 aliphatic heterocycles. The first-order valence-corrected chi connectivity index (χ1v) is 6.35. The van der Waals surface area contributed by atoms with Gasteiger partial charge in [0.05, 0.1) is 19.3 Å². The minimum absolute atomic E-state index is 0.124. The molecule has 0 aromatic carbocycles. The molecule has 0 radical (unpaired) electrons. The van der Waals surface area contributed by atoms with Crippen LogP contribution in [0.4, 0.5) is 0 Å². The molecule has 0 saturated carbocycles. The van der Waals surface area contributed by atoms with Gasteiger partial charge in [-0.3, -0.25) is 4.79 Å². The van der Waals surface area contributed by atoms with Crippen molar-refractivity contribution in [3.8, 4) is 0 Å². The molecule has 1 spiro atoms. The number of ether oxygens (including phenoxy) is 2. The van der Waals surface area contributed by atoms with Crippen molar-refractivity contribution >= 4 is 5.91 Å². The van der Waals surface area contributed by atoms with E-state index in [1.165, 1.54) is 0 Å². The molecular formula is C12H21NO4. The topological polar surface area (TPSA) is 59.0 Å². The summed E-state index contributed by atoms with van der Waals surface area (Å²) in [5.41, 5.74) is 0. The van der Waals surface area contributed by atoms with Crippen LogP contribution in [0.2, 0.25) is 0 Å². The molecule has 0 aliphatic carbocycles. The van der Waals surface area contributed by atoms with Gasteiger partial charge in [0.15, 0.2) is 5.79 Å². The lowest BCUT2D eigenvalue weighted by atomic mass is 10.0. The molecule has 17 heavy (non-hydrogen) atoms. The average Bonchev–Trinajstić information content (AvgIpc) is 2.75. The van der Waals surface area contributed by atoms with E-state index in [0.29, 0.717) is 39.1 Å². The lowest BCUT2D eigenvalue weighted by molar-refractivity contribution is -0.187. The molecule has 0 aromatic rings. The van der Waals surface area contributed by atoms with Crippen LogP contribution in [0, 0.1) is 0 Å². The number of rotatable bonds is 3. The van der Waals surface area contributed by atoms with Gasteiger partial charge in [0.1, 0.15) is 0 Å². The number of nitrogens with zero attached hydrogens (tertiary/aromatic N) is 1. The highest BCUT2D eigenvalue weighted by Gasteiger charge is 2.40. The van der Waals surface area contributed by atoms with Crippen molar-refractivity contribution in [2.45, 2.75) is 44.5 Å². The lowest BCUT2D eigenvalue weighted by Gasteiger charge is -2.37. The number of hydrogen-bond donors (Lipinski definition) is 1. The van der Waals surface area contributed by atoms with E-state index in [9.17, 15) is 4.79 Å². The fourth-order valence-electron chi connectivity index (χ4n) is 2.37. The fraction of sp³-hybridized carbons (Fsp3) is 0.917. The highest BCUT2D eigenvalue weighted by Crippen LogP contribution is 2.31. The van der Waals surface area contributed by atoms with Crippen LogP contribution in [0.5, 0.6) is 0 Å². The van der Waals surface area contributed by atoms with Crippen LogP contribution in [0.1, 0.15) is 32.6 Å². The Kier molecular flexibility index (Phi) is 4.01. The van der Waals surface area contributed by atoms with Crippen molar-refractivity contribution in [3.05, 3.63) is 0 Å². The first kappa shape index (κ1) is 12.8. The largest absolute Gasteiger partial charge is 0.393 e. The standard InChI is InChI=1S/C12H21NO4/c1-10(14)2-3-11(15)13-6-4-12(5-7-13)16-8-9-17-12/h10,14H,2-9H2,1H3. The number of piperidine rings is 1. The zero-order chi connectivity index (χ0) is 12.3. The van der Waals surface area contributed by atoms with E-state index in [0.717, 1.165) is 12.8 Å². The van der Waals surface area contributed by atoms with Crippen LogP contribution >= 0.6 is 0 Å². The minimum Gasteiger partial charge on any atom is -0.393 e. The van der Waals surface area contributed by atoms with Crippen molar-refractivity contribution in [2.24, 2.45) is 0 Å². The molecule has 5 nitrogen and oxygen atoms in total. The lowest BCUT2D eigenvalue weighted by Crippen LogP contribution is -2.47. The van der Waals surface area contributed by atoms with Crippen LogP contribution in [0.15, 0.2) is 0 Å². The molecule has 2 rings (SSSR count). The molecule has 1 unspecified atom stereocenters. The first-order valence-electron chi connectivity index (χ1n) is 6.35. The highest BCUT2D eigenvalue weighted by atomic mass is 16.7. The molecule has 2 saturated heterocycles. The molecule has 0 bridgehead atoms. The SMILES string of the molecule is CC(O)CCC(=O)N1CCC2(CC1)OCCO2. The molecule has 98 valence electrons. The average molecular weight is 243 g/mol. The monoisotopic (exact) mass is 243 g/mol. The normalized spacial score (nSPS) is 25.2. The highest BCUT2D eigenvalue weighted by molar-refractivity contribution is 5.76. The van der Waals surface area contributed by atoms with Crippen LogP contribution in [0.25, 0.3) is 0 Å². The molecule has 0 aromatic heterocycles. The van der Waals surface area contributed by atoms with Gasteiger partial charge < -0.3 is 19.5 Å². The molecule has 1 amide bonds. The van der Waals surface area contributed by atoms with Crippen LogP contribution < -0.4 is 0 Å². The van der Waals surface area contributed by atoms with E-state index in [4.69, 9.17) is 14.6 Å². The second-order valence-electron chi connectivity index (χ2n) is 4.88. The Morgan fingerprint density at radius 3 is 2.47 bits per heavy atom. The Morgan fingerprint density at radius 2 is 1.94 bits per heavy atom. The quantitative estimate of drug-likeness (QED) is 0.784. The Morgan fingerprint density at radius 1 is 1.35 bits per heavy atom. The van der Waals surface area contributed by atoms with Gasteiger partial charge in [-0.05, 0) is 13.3 Å². The molecule has 1 N–H and O–H groups in total. The molecular weight excluding hydrogens is 222 g/mol. The summed E-state index contributed by atoms with van der Waals surface area (Å²) in [5.74, 6) is -0.292.